The van der Waals surface area contributed by atoms with Gasteiger partial charge < -0.3 is 14.5 Å². The lowest BCUT2D eigenvalue weighted by Gasteiger charge is -2.33. The minimum absolute atomic E-state index is 0. The van der Waals surface area contributed by atoms with Crippen LogP contribution in [0, 0.1) is 27.7 Å². The number of sulfonamides is 1. The monoisotopic (exact) mass is 511 g/mol. The van der Waals surface area contributed by atoms with Crippen molar-refractivity contribution in [1.29, 1.82) is 0 Å². The van der Waals surface area contributed by atoms with Crippen molar-refractivity contribution < 1.29 is 19.4 Å². The Balaban J connectivity index is 0.00000380. The summed E-state index contributed by atoms with van der Waals surface area (Å²) in [5, 5.41) is -0.222. The van der Waals surface area contributed by atoms with Gasteiger partial charge in [-0.2, -0.15) is 8.42 Å². The quantitative estimate of drug-likeness (QED) is 0.535. The van der Waals surface area contributed by atoms with Crippen molar-refractivity contribution in [1.82, 2.24) is 19.6 Å². The summed E-state index contributed by atoms with van der Waals surface area (Å²) in [6.45, 7) is 10.8. The summed E-state index contributed by atoms with van der Waals surface area (Å²) in [5.74, 6) is 0.338. The number of nitrogens with zero attached hydrogens (tertiary/aromatic N) is 4. The number of ether oxygens (including phenoxy) is 1. The van der Waals surface area contributed by atoms with Crippen LogP contribution >= 0.6 is 0 Å². The van der Waals surface area contributed by atoms with E-state index in [2.05, 4.69) is 19.6 Å². The zero-order valence-corrected chi connectivity index (χ0v) is 22.0. The van der Waals surface area contributed by atoms with E-state index in [1.54, 1.807) is 25.1 Å². The van der Waals surface area contributed by atoms with Gasteiger partial charge in [0, 0.05) is 33.3 Å². The number of nitrogens with one attached hydrogen (secondary N) is 1. The van der Waals surface area contributed by atoms with E-state index in [1.165, 1.54) is 12.1 Å². The number of likely N-dealkylation sites (N-methyl/N-ethyl adjacent to an activating group) is 1. The van der Waals surface area contributed by atoms with Gasteiger partial charge in [-0.3, -0.25) is 4.79 Å². The summed E-state index contributed by atoms with van der Waals surface area (Å²) in [4.78, 5) is 26.1. The predicted octanol–water partition coefficient (Wildman–Crippen LogP) is 3.62. The van der Waals surface area contributed by atoms with Gasteiger partial charge in [-0.15, -0.1) is 0 Å². The van der Waals surface area contributed by atoms with E-state index in [9.17, 15) is 13.2 Å². The summed E-state index contributed by atoms with van der Waals surface area (Å²) in [6.07, 6.45) is 0. The van der Waals surface area contributed by atoms with Crippen molar-refractivity contribution in [2.75, 3.05) is 38.1 Å². The van der Waals surface area contributed by atoms with E-state index in [0.717, 1.165) is 42.9 Å². The number of benzene rings is 1. The van der Waals surface area contributed by atoms with E-state index in [0.29, 0.717) is 17.3 Å². The number of amides is 1. The number of carbonyl (C=O) groups is 1. The highest BCUT2D eigenvalue weighted by molar-refractivity contribution is 7.90. The van der Waals surface area contributed by atoms with Crippen LogP contribution in [0.15, 0.2) is 47.5 Å². The van der Waals surface area contributed by atoms with E-state index in [1.807, 2.05) is 44.9 Å². The van der Waals surface area contributed by atoms with Crippen molar-refractivity contribution in [3.8, 4) is 11.6 Å². The molecule has 0 atom stereocenters. The van der Waals surface area contributed by atoms with E-state index in [-0.39, 0.29) is 17.9 Å². The van der Waals surface area contributed by atoms with Crippen LogP contribution in [0.2, 0.25) is 0 Å². The van der Waals surface area contributed by atoms with Gasteiger partial charge in [-0.25, -0.2) is 14.7 Å². The summed E-state index contributed by atoms with van der Waals surface area (Å²) in [6, 6.07) is 11.9. The lowest BCUT2D eigenvalue weighted by molar-refractivity contribution is 0.0978. The highest BCUT2D eigenvalue weighted by atomic mass is 32.2. The van der Waals surface area contributed by atoms with Crippen molar-refractivity contribution in [3.63, 3.8) is 0 Å². The van der Waals surface area contributed by atoms with Crippen molar-refractivity contribution in [2.45, 2.75) is 32.7 Å². The number of rotatable bonds is 6. The molecule has 1 aliphatic rings. The summed E-state index contributed by atoms with van der Waals surface area (Å²) < 4.78 is 34.4. The smallest absolute Gasteiger partial charge is 0.281 e. The first-order valence-electron chi connectivity index (χ1n) is 11.7. The van der Waals surface area contributed by atoms with Gasteiger partial charge in [0.15, 0.2) is 5.03 Å². The number of hydrogen-bond donors (Lipinski definition) is 1. The second-order valence-corrected chi connectivity index (χ2v) is 10.8. The molecule has 0 aliphatic carbocycles. The van der Waals surface area contributed by atoms with Crippen LogP contribution < -0.4 is 14.4 Å². The molecule has 0 radical (unpaired) electrons. The van der Waals surface area contributed by atoms with Crippen LogP contribution in [0.5, 0.6) is 11.6 Å². The fourth-order valence-corrected chi connectivity index (χ4v) is 5.13. The Kier molecular flexibility index (Phi) is 7.28. The normalized spacial score (nSPS) is 14.5. The largest absolute Gasteiger partial charge is 0.438 e. The second-order valence-electron chi connectivity index (χ2n) is 9.19. The van der Waals surface area contributed by atoms with E-state index < -0.39 is 15.9 Å². The first kappa shape index (κ1) is 25.6. The number of piperazine rings is 1. The molecule has 4 rings (SSSR count). The van der Waals surface area contributed by atoms with Crippen LogP contribution in [0.3, 0.4) is 0 Å². The number of aryl methyl sites for hydroxylation is 4. The summed E-state index contributed by atoms with van der Waals surface area (Å²) >= 11 is 0. The first-order valence-corrected chi connectivity index (χ1v) is 13.2. The van der Waals surface area contributed by atoms with Crippen LogP contribution in [-0.2, 0) is 10.0 Å². The molecule has 36 heavy (non-hydrogen) atoms. The van der Waals surface area contributed by atoms with Crippen LogP contribution in [0.4, 0.5) is 5.82 Å². The number of carbonyl (C=O) groups excluding carboxylic acids is 1. The summed E-state index contributed by atoms with van der Waals surface area (Å²) in [5.41, 5.74) is 3.51. The minimum atomic E-state index is -4.23. The second kappa shape index (κ2) is 10.2. The molecule has 1 aromatic carbocycles. The molecule has 0 saturated carbocycles. The molecule has 9 nitrogen and oxygen atoms in total. The first-order chi connectivity index (χ1) is 17.0. The highest BCUT2D eigenvalue weighted by Gasteiger charge is 2.25. The van der Waals surface area contributed by atoms with Crippen molar-refractivity contribution in [2.24, 2.45) is 0 Å². The Hall–Kier alpha value is -3.50. The highest BCUT2D eigenvalue weighted by Crippen LogP contribution is 2.31. The molecule has 2 aromatic heterocycles. The molecule has 1 N–H and O–H groups in total. The zero-order valence-electron chi connectivity index (χ0n) is 21.2. The molecule has 192 valence electrons. The molecular formula is C26H33N5O4S. The standard InChI is InChI=1S/C26H31N5O4S.H2/c1-17-15-18(2)24(19(3)16-17)35-26-21(10-9-20(4)27-26)25(32)29-36(33,34)23-8-6-7-22(28-23)31-13-11-30(5)12-14-31;/h6-10,15-16H,11-14H2,1-5H3,(H,29,32);1H. The lowest BCUT2D eigenvalue weighted by Crippen LogP contribution is -2.45. The fourth-order valence-electron chi connectivity index (χ4n) is 4.20. The Morgan fingerprint density at radius 1 is 0.972 bits per heavy atom. The topological polar surface area (TPSA) is 105 Å². The molecular weight excluding hydrogens is 478 g/mol. The van der Waals surface area contributed by atoms with Gasteiger partial charge in [0.1, 0.15) is 17.1 Å². The number of pyridine rings is 2. The van der Waals surface area contributed by atoms with Crippen molar-refractivity contribution >= 4 is 21.7 Å². The molecule has 1 amide bonds. The van der Waals surface area contributed by atoms with Gasteiger partial charge in [0.05, 0.1) is 0 Å². The maximum Gasteiger partial charge on any atom is 0.281 e. The third-order valence-electron chi connectivity index (χ3n) is 6.09. The maximum absolute atomic E-state index is 13.1. The SMILES string of the molecule is Cc1cc(C)c(Oc2nc(C)ccc2C(=O)NS(=O)(=O)c2cccc(N3CCN(C)CC3)n2)c(C)c1.[HH]. The van der Waals surface area contributed by atoms with Crippen LogP contribution in [0.25, 0.3) is 0 Å². The Morgan fingerprint density at radius 2 is 1.64 bits per heavy atom. The van der Waals surface area contributed by atoms with Gasteiger partial charge >= 0.3 is 0 Å². The molecule has 0 bridgehead atoms. The predicted molar refractivity (Wildman–Crippen MR) is 140 cm³/mol. The van der Waals surface area contributed by atoms with Crippen LogP contribution in [-0.4, -0.2) is 62.4 Å². The molecule has 3 heterocycles. The molecule has 0 spiro atoms. The maximum atomic E-state index is 13.1. The lowest BCUT2D eigenvalue weighted by atomic mass is 10.1. The van der Waals surface area contributed by atoms with E-state index in [4.69, 9.17) is 4.74 Å². The third-order valence-corrected chi connectivity index (χ3v) is 7.32. The average molecular weight is 512 g/mol. The van der Waals surface area contributed by atoms with Gasteiger partial charge in [0.2, 0.25) is 5.88 Å². The molecule has 10 heteroatoms. The van der Waals surface area contributed by atoms with Crippen LogP contribution in [0.1, 0.15) is 34.2 Å². The average Bonchev–Trinajstić information content (AvgIpc) is 2.81. The summed E-state index contributed by atoms with van der Waals surface area (Å²) in [7, 11) is -2.19. The number of anilines is 1. The molecule has 3 aromatic rings. The van der Waals surface area contributed by atoms with E-state index >= 15 is 0 Å². The molecule has 1 aliphatic heterocycles. The minimum Gasteiger partial charge on any atom is -0.438 e. The Morgan fingerprint density at radius 3 is 2.31 bits per heavy atom. The zero-order chi connectivity index (χ0) is 26.0. The Labute approximate surface area is 213 Å². The number of aromatic nitrogens is 2. The Bertz CT molecular complexity index is 1380. The molecule has 1 saturated heterocycles. The number of hydrogen-bond acceptors (Lipinski definition) is 8. The third kappa shape index (κ3) is 5.66. The molecule has 0 unspecified atom stereocenters. The molecule has 1 fully saturated rings. The van der Waals surface area contributed by atoms with Gasteiger partial charge in [-0.1, -0.05) is 23.8 Å². The van der Waals surface area contributed by atoms with Gasteiger partial charge in [-0.05, 0) is 70.1 Å². The van der Waals surface area contributed by atoms with Gasteiger partial charge in [0.25, 0.3) is 15.9 Å². The van der Waals surface area contributed by atoms with Crippen molar-refractivity contribution in [3.05, 3.63) is 70.4 Å². The fraction of sp³-hybridized carbons (Fsp3) is 0.346.